The molecule has 0 unspecified atom stereocenters. The van der Waals surface area contributed by atoms with Crippen LogP contribution in [0.15, 0.2) is 36.4 Å². The van der Waals surface area contributed by atoms with Crippen LogP contribution in [0.3, 0.4) is 0 Å². The Morgan fingerprint density at radius 2 is 1.14 bits per heavy atom. The number of carbonyl (C=O) groups excluding carboxylic acids is 3. The zero-order valence-electron chi connectivity index (χ0n) is 15.0. The molecule has 6 nitrogen and oxygen atoms in total. The van der Waals surface area contributed by atoms with Crippen LogP contribution in [0.5, 0.6) is 0 Å². The second-order valence-electron chi connectivity index (χ2n) is 5.66. The quantitative estimate of drug-likeness (QED) is 0.703. The van der Waals surface area contributed by atoms with Gasteiger partial charge in [0.2, 0.25) is 0 Å². The maximum Gasteiger partial charge on any atom is 0.742 e. The van der Waals surface area contributed by atoms with Crippen LogP contribution in [0.2, 0.25) is 0 Å². The maximum atomic E-state index is 14.0. The highest BCUT2D eigenvalue weighted by Gasteiger charge is 2.54. The van der Waals surface area contributed by atoms with E-state index in [9.17, 15) is 27.6 Å². The molecule has 0 aliphatic carbocycles. The van der Waals surface area contributed by atoms with Crippen LogP contribution < -0.4 is 5.19 Å². The van der Waals surface area contributed by atoms with E-state index in [0.29, 0.717) is 12.1 Å². The average molecular weight is 412 g/mol. The normalized spacial score (nSPS) is 10.9. The third-order valence-electron chi connectivity index (χ3n) is 3.37. The van der Waals surface area contributed by atoms with Crippen molar-refractivity contribution in [2.45, 2.75) is 20.8 Å². The van der Waals surface area contributed by atoms with E-state index in [2.05, 4.69) is 0 Å². The molecular weight excluding hydrogens is 397 g/mol. The SMILES string of the molecule is CC(=O)O[Si](OC(C)=O)(OC(C)=O)c1ccc(-c2c(F)cc(F)cc2F)cc1. The lowest BCUT2D eigenvalue weighted by Crippen LogP contribution is -2.59. The lowest BCUT2D eigenvalue weighted by molar-refractivity contribution is -0.146. The van der Waals surface area contributed by atoms with Crippen molar-refractivity contribution in [3.05, 3.63) is 53.8 Å². The van der Waals surface area contributed by atoms with Gasteiger partial charge in [0.15, 0.2) is 0 Å². The van der Waals surface area contributed by atoms with Crippen LogP contribution in [0.4, 0.5) is 13.2 Å². The van der Waals surface area contributed by atoms with Gasteiger partial charge in [0.25, 0.3) is 17.9 Å². The summed E-state index contributed by atoms with van der Waals surface area (Å²) < 4.78 is 56.2. The summed E-state index contributed by atoms with van der Waals surface area (Å²) in [6, 6.07) is 5.99. The highest BCUT2D eigenvalue weighted by molar-refractivity contribution is 6.79. The summed E-state index contributed by atoms with van der Waals surface area (Å²) in [5.41, 5.74) is -0.442. The predicted octanol–water partition coefficient (Wildman–Crippen LogP) is 2.61. The Morgan fingerprint density at radius 1 is 0.750 bits per heavy atom. The summed E-state index contributed by atoms with van der Waals surface area (Å²) in [5.74, 6) is -5.90. The van der Waals surface area contributed by atoms with E-state index in [4.69, 9.17) is 13.3 Å². The van der Waals surface area contributed by atoms with Gasteiger partial charge in [-0.05, 0) is 5.56 Å². The first-order chi connectivity index (χ1) is 13.0. The minimum atomic E-state index is -4.32. The van der Waals surface area contributed by atoms with Gasteiger partial charge in [0.05, 0.1) is 10.8 Å². The van der Waals surface area contributed by atoms with Gasteiger partial charge in [-0.15, -0.1) is 0 Å². The molecule has 0 spiro atoms. The molecule has 0 bridgehead atoms. The van der Waals surface area contributed by atoms with E-state index in [1.807, 2.05) is 0 Å². The lowest BCUT2D eigenvalue weighted by Gasteiger charge is -2.26. The molecule has 0 radical (unpaired) electrons. The van der Waals surface area contributed by atoms with Crippen molar-refractivity contribution >= 4 is 31.9 Å². The van der Waals surface area contributed by atoms with Gasteiger partial charge < -0.3 is 13.3 Å². The third kappa shape index (κ3) is 4.77. The number of benzene rings is 2. The van der Waals surface area contributed by atoms with Crippen LogP contribution in [0.1, 0.15) is 20.8 Å². The summed E-state index contributed by atoms with van der Waals surface area (Å²) in [7, 11) is -4.32. The number of halogens is 3. The van der Waals surface area contributed by atoms with Crippen LogP contribution in [0.25, 0.3) is 11.1 Å². The average Bonchev–Trinajstić information content (AvgIpc) is 2.52. The second kappa shape index (κ2) is 8.25. The molecule has 0 aromatic heterocycles. The first-order valence-corrected chi connectivity index (χ1v) is 9.60. The number of carbonyl (C=O) groups is 3. The molecule has 2 aromatic rings. The van der Waals surface area contributed by atoms with E-state index in [1.165, 1.54) is 24.3 Å². The smallest absolute Gasteiger partial charge is 0.452 e. The minimum Gasteiger partial charge on any atom is -0.452 e. The molecule has 0 N–H and O–H groups in total. The van der Waals surface area contributed by atoms with Crippen LogP contribution >= 0.6 is 0 Å². The van der Waals surface area contributed by atoms with Gasteiger partial charge in [0.1, 0.15) is 17.5 Å². The van der Waals surface area contributed by atoms with Crippen LogP contribution in [-0.4, -0.2) is 26.7 Å². The molecule has 10 heteroatoms. The van der Waals surface area contributed by atoms with Crippen molar-refractivity contribution in [2.24, 2.45) is 0 Å². The van der Waals surface area contributed by atoms with Gasteiger partial charge in [-0.25, -0.2) is 13.2 Å². The molecule has 0 aliphatic rings. The zero-order valence-corrected chi connectivity index (χ0v) is 16.0. The molecule has 2 rings (SSSR count). The molecule has 0 heterocycles. The molecule has 0 fully saturated rings. The van der Waals surface area contributed by atoms with Gasteiger partial charge in [-0.1, -0.05) is 24.3 Å². The maximum absolute atomic E-state index is 14.0. The Balaban J connectivity index is 2.55. The zero-order chi connectivity index (χ0) is 21.1. The molecule has 0 aliphatic heterocycles. The van der Waals surface area contributed by atoms with Crippen LogP contribution in [-0.2, 0) is 27.7 Å². The molecule has 0 saturated heterocycles. The fraction of sp³-hybridized carbons (Fsp3) is 0.167. The summed E-state index contributed by atoms with van der Waals surface area (Å²) in [6.45, 7) is 3.10. The number of hydrogen-bond acceptors (Lipinski definition) is 6. The van der Waals surface area contributed by atoms with Gasteiger partial charge in [-0.3, -0.25) is 14.4 Å². The fourth-order valence-corrected chi connectivity index (χ4v) is 4.65. The van der Waals surface area contributed by atoms with E-state index in [0.717, 1.165) is 20.8 Å². The summed E-state index contributed by atoms with van der Waals surface area (Å²) >= 11 is 0. The molecule has 0 saturated carbocycles. The summed E-state index contributed by atoms with van der Waals surface area (Å²) in [6.07, 6.45) is 0. The van der Waals surface area contributed by atoms with Crippen molar-refractivity contribution < 1.29 is 40.8 Å². The third-order valence-corrected chi connectivity index (χ3v) is 6.08. The topological polar surface area (TPSA) is 78.9 Å². The first-order valence-electron chi connectivity index (χ1n) is 7.88. The lowest BCUT2D eigenvalue weighted by atomic mass is 10.0. The molecule has 0 atom stereocenters. The Morgan fingerprint density at radius 3 is 1.50 bits per heavy atom. The summed E-state index contributed by atoms with van der Waals surface area (Å²) in [4.78, 5) is 34.5. The molecular formula is C18H15F3O6Si. The largest absolute Gasteiger partial charge is 0.742 e. The Hall–Kier alpha value is -3.14. The molecule has 0 amide bonds. The van der Waals surface area contributed by atoms with E-state index >= 15 is 0 Å². The van der Waals surface area contributed by atoms with Gasteiger partial charge in [0, 0.05) is 32.9 Å². The monoisotopic (exact) mass is 412 g/mol. The minimum absolute atomic E-state index is 0.0276. The first kappa shape index (κ1) is 21.2. The van der Waals surface area contributed by atoms with E-state index in [1.54, 1.807) is 0 Å². The summed E-state index contributed by atoms with van der Waals surface area (Å²) in [5, 5.41) is 0.0276. The van der Waals surface area contributed by atoms with Crippen molar-refractivity contribution in [2.75, 3.05) is 0 Å². The Labute approximate surface area is 159 Å². The van der Waals surface area contributed by atoms with Crippen molar-refractivity contribution in [1.82, 2.24) is 0 Å². The van der Waals surface area contributed by atoms with Gasteiger partial charge in [-0.2, -0.15) is 0 Å². The fourth-order valence-electron chi connectivity index (χ4n) is 2.47. The predicted molar refractivity (Wildman–Crippen MR) is 92.4 cm³/mol. The number of hydrogen-bond donors (Lipinski definition) is 0. The standard InChI is InChI=1S/C18H15F3O6Si/c1-10(22)25-28(26-11(2)23,27-12(3)24)15-6-4-13(5-7-15)18-16(20)8-14(19)9-17(18)21/h4-9H,1-3H3. The highest BCUT2D eigenvalue weighted by Crippen LogP contribution is 2.27. The second-order valence-corrected chi connectivity index (χ2v) is 7.96. The van der Waals surface area contributed by atoms with Gasteiger partial charge >= 0.3 is 8.80 Å². The Kier molecular flexibility index (Phi) is 6.24. The van der Waals surface area contributed by atoms with Crippen molar-refractivity contribution in [3.63, 3.8) is 0 Å². The van der Waals surface area contributed by atoms with Crippen molar-refractivity contribution in [1.29, 1.82) is 0 Å². The Bertz CT molecular complexity index is 866. The van der Waals surface area contributed by atoms with Crippen molar-refractivity contribution in [3.8, 4) is 11.1 Å². The van der Waals surface area contributed by atoms with E-state index < -0.39 is 49.7 Å². The van der Waals surface area contributed by atoms with Crippen LogP contribution in [0, 0.1) is 17.5 Å². The van der Waals surface area contributed by atoms with E-state index in [-0.39, 0.29) is 10.8 Å². The molecule has 28 heavy (non-hydrogen) atoms. The molecule has 2 aromatic carbocycles. The number of rotatable bonds is 5. The molecule has 148 valence electrons. The highest BCUT2D eigenvalue weighted by atomic mass is 28.4.